The van der Waals surface area contributed by atoms with E-state index in [0.29, 0.717) is 28.3 Å². The Morgan fingerprint density at radius 3 is 2.37 bits per heavy atom. The van der Waals surface area contributed by atoms with E-state index in [1.165, 1.54) is 7.11 Å². The fraction of sp³-hybridized carbons (Fsp3) is 0.429. The third-order valence-electron chi connectivity index (χ3n) is 5.24. The van der Waals surface area contributed by atoms with Gasteiger partial charge < -0.3 is 19.1 Å². The van der Waals surface area contributed by atoms with Crippen LogP contribution in [0.15, 0.2) is 35.0 Å². The molecular formula is C21H25NO5. The summed E-state index contributed by atoms with van der Waals surface area (Å²) in [5, 5.41) is 0. The van der Waals surface area contributed by atoms with E-state index >= 15 is 0 Å². The number of ether oxygens (including phenoxy) is 3. The average molecular weight is 371 g/mol. The highest BCUT2D eigenvalue weighted by molar-refractivity contribution is 6.16. The SMILES string of the molecule is COC(=O)C1=C(C)N(C2CCCC2)C(=O)C1=Cc1ccc(OC)c(OC)c1. The minimum absolute atomic E-state index is 0.144. The van der Waals surface area contributed by atoms with E-state index < -0.39 is 5.97 Å². The van der Waals surface area contributed by atoms with Crippen LogP contribution in [-0.2, 0) is 14.3 Å². The standard InChI is InChI=1S/C21H25NO5/c1-13-19(21(24)27-4)16(20(23)22(13)15-7-5-6-8-15)11-14-9-10-17(25-2)18(12-14)26-3/h9-12,15H,5-8H2,1-4H3. The Labute approximate surface area is 159 Å². The minimum Gasteiger partial charge on any atom is -0.493 e. The summed E-state index contributed by atoms with van der Waals surface area (Å²) in [4.78, 5) is 27.3. The van der Waals surface area contributed by atoms with Crippen LogP contribution in [0.3, 0.4) is 0 Å². The Morgan fingerprint density at radius 2 is 1.78 bits per heavy atom. The van der Waals surface area contributed by atoms with Gasteiger partial charge >= 0.3 is 5.97 Å². The van der Waals surface area contributed by atoms with Crippen molar-refractivity contribution in [3.05, 3.63) is 40.6 Å². The molecule has 0 radical (unpaired) electrons. The zero-order valence-electron chi connectivity index (χ0n) is 16.2. The first-order valence-electron chi connectivity index (χ1n) is 9.08. The number of allylic oxidation sites excluding steroid dienone is 1. The van der Waals surface area contributed by atoms with Gasteiger partial charge in [-0.1, -0.05) is 18.9 Å². The lowest BCUT2D eigenvalue weighted by Crippen LogP contribution is -2.34. The van der Waals surface area contributed by atoms with Crippen LogP contribution in [0.25, 0.3) is 6.08 Å². The third-order valence-corrected chi connectivity index (χ3v) is 5.24. The monoisotopic (exact) mass is 371 g/mol. The molecule has 1 amide bonds. The number of carbonyl (C=O) groups excluding carboxylic acids is 2. The lowest BCUT2D eigenvalue weighted by Gasteiger charge is -2.25. The molecular weight excluding hydrogens is 346 g/mol. The second-order valence-electron chi connectivity index (χ2n) is 6.74. The van der Waals surface area contributed by atoms with Gasteiger partial charge in [0.15, 0.2) is 11.5 Å². The summed E-state index contributed by atoms with van der Waals surface area (Å²) in [7, 11) is 4.46. The van der Waals surface area contributed by atoms with Crippen LogP contribution in [0.2, 0.25) is 0 Å². The predicted octanol–water partition coefficient (Wildman–Crippen LogP) is 3.32. The molecule has 1 fully saturated rings. The maximum Gasteiger partial charge on any atom is 0.340 e. The van der Waals surface area contributed by atoms with Crippen LogP contribution in [0, 0.1) is 0 Å². The van der Waals surface area contributed by atoms with Crippen LogP contribution in [-0.4, -0.2) is 44.1 Å². The van der Waals surface area contributed by atoms with Gasteiger partial charge in [-0.3, -0.25) is 4.79 Å². The van der Waals surface area contributed by atoms with Gasteiger partial charge in [0.2, 0.25) is 0 Å². The molecule has 1 aliphatic carbocycles. The second-order valence-corrected chi connectivity index (χ2v) is 6.74. The number of methoxy groups -OCH3 is 3. The highest BCUT2D eigenvalue weighted by atomic mass is 16.5. The van der Waals surface area contributed by atoms with E-state index in [1.807, 2.05) is 13.0 Å². The molecule has 3 rings (SSSR count). The molecule has 6 heteroatoms. The first-order valence-corrected chi connectivity index (χ1v) is 9.08. The zero-order chi connectivity index (χ0) is 19.6. The maximum absolute atomic E-state index is 13.2. The molecule has 1 saturated carbocycles. The Morgan fingerprint density at radius 1 is 1.11 bits per heavy atom. The number of rotatable bonds is 5. The molecule has 27 heavy (non-hydrogen) atoms. The van der Waals surface area contributed by atoms with E-state index in [9.17, 15) is 9.59 Å². The number of benzene rings is 1. The summed E-state index contributed by atoms with van der Waals surface area (Å²) in [6, 6.07) is 5.52. The molecule has 0 spiro atoms. The van der Waals surface area contributed by atoms with Crippen LogP contribution < -0.4 is 9.47 Å². The molecule has 0 unspecified atom stereocenters. The number of nitrogens with zero attached hydrogens (tertiary/aromatic N) is 1. The molecule has 0 N–H and O–H groups in total. The molecule has 1 aromatic carbocycles. The Kier molecular flexibility index (Phi) is 5.54. The van der Waals surface area contributed by atoms with Crippen molar-refractivity contribution in [1.82, 2.24) is 4.90 Å². The van der Waals surface area contributed by atoms with Gasteiger partial charge in [0.05, 0.1) is 32.5 Å². The molecule has 6 nitrogen and oxygen atoms in total. The first kappa shape index (κ1) is 19.0. The van der Waals surface area contributed by atoms with Gasteiger partial charge in [-0.25, -0.2) is 4.79 Å². The van der Waals surface area contributed by atoms with Crippen LogP contribution in [0.1, 0.15) is 38.2 Å². The van der Waals surface area contributed by atoms with Gasteiger partial charge in [-0.2, -0.15) is 0 Å². The third kappa shape index (κ3) is 3.44. The zero-order valence-corrected chi connectivity index (χ0v) is 16.2. The quantitative estimate of drug-likeness (QED) is 0.587. The van der Waals surface area contributed by atoms with Crippen LogP contribution >= 0.6 is 0 Å². The number of amides is 1. The maximum atomic E-state index is 13.2. The largest absolute Gasteiger partial charge is 0.493 e. The molecule has 1 aliphatic heterocycles. The van der Waals surface area contributed by atoms with Crippen molar-refractivity contribution >= 4 is 18.0 Å². The molecule has 0 aromatic heterocycles. The van der Waals surface area contributed by atoms with Gasteiger partial charge in [-0.05, 0) is 43.5 Å². The van der Waals surface area contributed by atoms with Crippen molar-refractivity contribution in [2.75, 3.05) is 21.3 Å². The van der Waals surface area contributed by atoms with Gasteiger partial charge in [0.25, 0.3) is 5.91 Å². The summed E-state index contributed by atoms with van der Waals surface area (Å²) in [6.07, 6.45) is 5.84. The van der Waals surface area contributed by atoms with Crippen LogP contribution in [0.4, 0.5) is 0 Å². The summed E-state index contributed by atoms with van der Waals surface area (Å²) >= 11 is 0. The van der Waals surface area contributed by atoms with Gasteiger partial charge in [0.1, 0.15) is 0 Å². The molecule has 0 atom stereocenters. The van der Waals surface area contributed by atoms with Gasteiger partial charge in [-0.15, -0.1) is 0 Å². The van der Waals surface area contributed by atoms with E-state index in [4.69, 9.17) is 14.2 Å². The van der Waals surface area contributed by atoms with Crippen molar-refractivity contribution in [3.8, 4) is 11.5 Å². The summed E-state index contributed by atoms with van der Waals surface area (Å²) in [5.41, 5.74) is 2.12. The van der Waals surface area contributed by atoms with Crippen molar-refractivity contribution in [3.63, 3.8) is 0 Å². The topological polar surface area (TPSA) is 65.1 Å². The van der Waals surface area contributed by atoms with Crippen molar-refractivity contribution in [2.24, 2.45) is 0 Å². The lowest BCUT2D eigenvalue weighted by molar-refractivity contribution is -0.136. The van der Waals surface area contributed by atoms with Crippen molar-refractivity contribution < 1.29 is 23.8 Å². The van der Waals surface area contributed by atoms with E-state index in [-0.39, 0.29) is 11.9 Å². The number of esters is 1. The predicted molar refractivity (Wildman–Crippen MR) is 101 cm³/mol. The van der Waals surface area contributed by atoms with E-state index in [1.54, 1.807) is 37.3 Å². The van der Waals surface area contributed by atoms with Gasteiger partial charge in [0, 0.05) is 11.7 Å². The fourth-order valence-electron chi connectivity index (χ4n) is 3.91. The smallest absolute Gasteiger partial charge is 0.340 e. The average Bonchev–Trinajstić information content (AvgIpc) is 3.28. The molecule has 1 heterocycles. The lowest BCUT2D eigenvalue weighted by atomic mass is 10.0. The normalized spacial score (nSPS) is 19.2. The molecule has 0 bridgehead atoms. The fourth-order valence-corrected chi connectivity index (χ4v) is 3.91. The van der Waals surface area contributed by atoms with E-state index in [0.717, 1.165) is 31.2 Å². The Balaban J connectivity index is 2.05. The second kappa shape index (κ2) is 7.86. The number of hydrogen-bond donors (Lipinski definition) is 0. The minimum atomic E-state index is -0.493. The first-order chi connectivity index (χ1) is 13.0. The van der Waals surface area contributed by atoms with Crippen molar-refractivity contribution in [1.29, 1.82) is 0 Å². The Bertz CT molecular complexity index is 818. The van der Waals surface area contributed by atoms with Crippen molar-refractivity contribution in [2.45, 2.75) is 38.6 Å². The summed E-state index contributed by atoms with van der Waals surface area (Å²) < 4.78 is 15.5. The van der Waals surface area contributed by atoms with E-state index in [2.05, 4.69) is 0 Å². The molecule has 144 valence electrons. The number of hydrogen-bond acceptors (Lipinski definition) is 5. The molecule has 1 aromatic rings. The highest BCUT2D eigenvalue weighted by Crippen LogP contribution is 2.38. The number of carbonyl (C=O) groups is 2. The summed E-state index contributed by atoms with van der Waals surface area (Å²) in [6.45, 7) is 1.82. The van der Waals surface area contributed by atoms with Crippen LogP contribution in [0.5, 0.6) is 11.5 Å². The highest BCUT2D eigenvalue weighted by Gasteiger charge is 2.41. The molecule has 0 saturated heterocycles. The molecule has 2 aliphatic rings. The summed E-state index contributed by atoms with van der Waals surface area (Å²) in [5.74, 6) is 0.526. The Hall–Kier alpha value is -2.76.